The lowest BCUT2D eigenvalue weighted by Gasteiger charge is -2.32. The first kappa shape index (κ1) is 18.6. The van der Waals surface area contributed by atoms with Gasteiger partial charge < -0.3 is 19.1 Å². The molecule has 4 rings (SSSR count). The van der Waals surface area contributed by atoms with Gasteiger partial charge in [0.2, 0.25) is 0 Å². The van der Waals surface area contributed by atoms with Gasteiger partial charge in [0.15, 0.2) is 23.7 Å². The van der Waals surface area contributed by atoms with E-state index in [0.717, 1.165) is 0 Å². The molecule has 1 fully saturated rings. The maximum atomic E-state index is 13.0. The first-order chi connectivity index (χ1) is 13.5. The molecule has 9 heteroatoms. The summed E-state index contributed by atoms with van der Waals surface area (Å²) in [7, 11) is 1.76. The molecule has 0 unspecified atom stereocenters. The molecule has 0 spiro atoms. The number of aryl methyl sites for hydroxylation is 1. The second kappa shape index (κ2) is 7.71. The number of benzene rings is 1. The molecule has 3 heterocycles. The molecule has 1 saturated heterocycles. The van der Waals surface area contributed by atoms with E-state index in [-0.39, 0.29) is 37.5 Å². The Morgan fingerprint density at radius 3 is 2.79 bits per heavy atom. The third kappa shape index (κ3) is 3.91. The van der Waals surface area contributed by atoms with Crippen molar-refractivity contribution < 1.29 is 23.8 Å². The van der Waals surface area contributed by atoms with Crippen LogP contribution in [0.25, 0.3) is 0 Å². The van der Waals surface area contributed by atoms with Gasteiger partial charge in [-0.25, -0.2) is 0 Å². The second-order valence-corrected chi connectivity index (χ2v) is 7.24. The van der Waals surface area contributed by atoms with Gasteiger partial charge >= 0.3 is 5.97 Å². The number of fused-ring (bicyclic) bond motifs is 1. The lowest BCUT2D eigenvalue weighted by atomic mass is 10.2. The van der Waals surface area contributed by atoms with Crippen molar-refractivity contribution in [2.45, 2.75) is 31.6 Å². The topological polar surface area (TPSA) is 82.9 Å². The van der Waals surface area contributed by atoms with E-state index in [1.54, 1.807) is 22.8 Å². The van der Waals surface area contributed by atoms with E-state index in [2.05, 4.69) is 5.10 Å². The maximum Gasteiger partial charge on any atom is 0.306 e. The number of hydrogen-bond acceptors (Lipinski definition) is 6. The maximum absolute atomic E-state index is 13.0. The number of nitrogens with zero attached hydrogens (tertiary/aromatic N) is 3. The fraction of sp³-hybridized carbons (Fsp3) is 0.421. The predicted octanol–water partition coefficient (Wildman–Crippen LogP) is 1.95. The molecule has 2 aliphatic heterocycles. The fourth-order valence-electron chi connectivity index (χ4n) is 3.33. The normalized spacial score (nSPS) is 20.7. The Hall–Kier alpha value is -2.74. The largest absolute Gasteiger partial charge is 0.486 e. The van der Waals surface area contributed by atoms with Crippen LogP contribution in [0.4, 0.5) is 0 Å². The second-order valence-electron chi connectivity index (χ2n) is 6.83. The Kier molecular flexibility index (Phi) is 5.13. The number of carbonyl (C=O) groups excluding carboxylic acids is 2. The van der Waals surface area contributed by atoms with E-state index in [0.29, 0.717) is 35.2 Å². The van der Waals surface area contributed by atoms with Crippen molar-refractivity contribution >= 4 is 23.5 Å². The lowest BCUT2D eigenvalue weighted by Crippen LogP contribution is -2.46. The zero-order chi connectivity index (χ0) is 19.7. The molecule has 0 N–H and O–H groups in total. The Morgan fingerprint density at radius 1 is 1.32 bits per heavy atom. The summed E-state index contributed by atoms with van der Waals surface area (Å²) in [4.78, 5) is 26.0. The predicted molar refractivity (Wildman–Crippen MR) is 99.1 cm³/mol. The first-order valence-electron chi connectivity index (χ1n) is 9.04. The molecule has 8 nitrogen and oxygen atoms in total. The zero-order valence-corrected chi connectivity index (χ0v) is 16.1. The van der Waals surface area contributed by atoms with Gasteiger partial charge in [-0.1, -0.05) is 23.7 Å². The molecular formula is C19H20ClN3O5. The van der Waals surface area contributed by atoms with E-state index >= 15 is 0 Å². The highest BCUT2D eigenvalue weighted by Gasteiger charge is 2.35. The Bertz CT molecular complexity index is 899. The van der Waals surface area contributed by atoms with Crippen LogP contribution in [0.15, 0.2) is 30.5 Å². The van der Waals surface area contributed by atoms with Gasteiger partial charge in [0.1, 0.15) is 12.3 Å². The quantitative estimate of drug-likeness (QED) is 0.707. The number of para-hydroxylation sites is 2. The number of ether oxygens (including phenoxy) is 3. The summed E-state index contributed by atoms with van der Waals surface area (Å²) in [6, 6.07) is 7.39. The van der Waals surface area contributed by atoms with Crippen molar-refractivity contribution in [1.82, 2.24) is 14.7 Å². The van der Waals surface area contributed by atoms with Crippen molar-refractivity contribution in [2.75, 3.05) is 13.2 Å². The van der Waals surface area contributed by atoms with E-state index in [9.17, 15) is 9.59 Å². The molecule has 1 aromatic carbocycles. The Balaban J connectivity index is 1.52. The number of cyclic esters (lactones) is 1. The monoisotopic (exact) mass is 405 g/mol. The van der Waals surface area contributed by atoms with Gasteiger partial charge in [0, 0.05) is 26.1 Å². The highest BCUT2D eigenvalue weighted by molar-refractivity contribution is 6.31. The van der Waals surface area contributed by atoms with Crippen LogP contribution in [0.2, 0.25) is 5.02 Å². The molecule has 148 valence electrons. The SMILES string of the molecule is Cn1cc(Cl)c(CN(C[C@H]2COc3ccccc3O2)C(=O)[C@@H]2CCC(=O)O2)n1. The number of hydrogen-bond donors (Lipinski definition) is 0. The van der Waals surface area contributed by atoms with Crippen LogP contribution in [0, 0.1) is 0 Å². The third-order valence-corrected chi connectivity index (χ3v) is 4.97. The molecule has 0 aliphatic carbocycles. The molecule has 1 amide bonds. The molecule has 2 aromatic rings. The number of aromatic nitrogens is 2. The Labute approximate surface area is 166 Å². The molecule has 2 aliphatic rings. The standard InChI is InChI=1S/C19H20ClN3O5/c1-22-9-13(20)14(21-22)10-23(19(25)17-6-7-18(24)28-17)8-12-11-26-15-4-2-3-5-16(15)27-12/h2-5,9,12,17H,6-8,10-11H2,1H3/t12-,17-/m0/s1. The van der Waals surface area contributed by atoms with Crippen LogP contribution in [-0.4, -0.2) is 51.9 Å². The van der Waals surface area contributed by atoms with Crippen LogP contribution in [0.5, 0.6) is 11.5 Å². The summed E-state index contributed by atoms with van der Waals surface area (Å²) >= 11 is 6.22. The molecule has 0 radical (unpaired) electrons. The van der Waals surface area contributed by atoms with Gasteiger partial charge in [0.25, 0.3) is 5.91 Å². The number of esters is 1. The van der Waals surface area contributed by atoms with E-state index in [1.165, 1.54) is 0 Å². The summed E-state index contributed by atoms with van der Waals surface area (Å²) in [5.41, 5.74) is 0.568. The smallest absolute Gasteiger partial charge is 0.306 e. The van der Waals surface area contributed by atoms with Crippen LogP contribution >= 0.6 is 11.6 Å². The summed E-state index contributed by atoms with van der Waals surface area (Å²) < 4.78 is 18.5. The average molecular weight is 406 g/mol. The van der Waals surface area contributed by atoms with Gasteiger partial charge in [-0.3, -0.25) is 14.3 Å². The lowest BCUT2D eigenvalue weighted by molar-refractivity contribution is -0.154. The number of rotatable bonds is 5. The zero-order valence-electron chi connectivity index (χ0n) is 15.3. The van der Waals surface area contributed by atoms with Gasteiger partial charge in [0.05, 0.1) is 18.1 Å². The molecule has 28 heavy (non-hydrogen) atoms. The summed E-state index contributed by atoms with van der Waals surface area (Å²) in [5.74, 6) is 0.666. The van der Waals surface area contributed by atoms with E-state index < -0.39 is 6.10 Å². The fourth-order valence-corrected chi connectivity index (χ4v) is 3.57. The summed E-state index contributed by atoms with van der Waals surface area (Å²) in [6.45, 7) is 0.753. The highest BCUT2D eigenvalue weighted by Crippen LogP contribution is 2.31. The van der Waals surface area contributed by atoms with Crippen LogP contribution in [0.1, 0.15) is 18.5 Å². The van der Waals surface area contributed by atoms with Crippen LogP contribution in [0.3, 0.4) is 0 Å². The van der Waals surface area contributed by atoms with Gasteiger partial charge in [-0.2, -0.15) is 5.10 Å². The average Bonchev–Trinajstić information content (AvgIpc) is 3.25. The van der Waals surface area contributed by atoms with Crippen LogP contribution in [-0.2, 0) is 27.9 Å². The Morgan fingerprint density at radius 2 is 2.11 bits per heavy atom. The minimum atomic E-state index is -0.785. The third-order valence-electron chi connectivity index (χ3n) is 4.66. The minimum Gasteiger partial charge on any atom is -0.486 e. The molecule has 2 atom stereocenters. The number of halogens is 1. The van der Waals surface area contributed by atoms with Crippen molar-refractivity contribution in [3.05, 3.63) is 41.2 Å². The van der Waals surface area contributed by atoms with Crippen molar-refractivity contribution in [3.8, 4) is 11.5 Å². The van der Waals surface area contributed by atoms with Crippen molar-refractivity contribution in [2.24, 2.45) is 7.05 Å². The first-order valence-corrected chi connectivity index (χ1v) is 9.42. The molecule has 1 aromatic heterocycles. The highest BCUT2D eigenvalue weighted by atomic mass is 35.5. The number of amides is 1. The summed E-state index contributed by atoms with van der Waals surface area (Å²) in [6.07, 6.45) is 1.14. The van der Waals surface area contributed by atoms with E-state index in [1.807, 2.05) is 24.3 Å². The van der Waals surface area contributed by atoms with E-state index in [4.69, 9.17) is 25.8 Å². The minimum absolute atomic E-state index is 0.189. The van der Waals surface area contributed by atoms with Crippen molar-refractivity contribution in [1.29, 1.82) is 0 Å². The van der Waals surface area contributed by atoms with Crippen molar-refractivity contribution in [3.63, 3.8) is 0 Å². The molecule has 0 bridgehead atoms. The van der Waals surface area contributed by atoms with Gasteiger partial charge in [-0.15, -0.1) is 0 Å². The number of carbonyl (C=O) groups is 2. The summed E-state index contributed by atoms with van der Waals surface area (Å²) in [5, 5.41) is 4.78. The molecule has 0 saturated carbocycles. The van der Waals surface area contributed by atoms with Gasteiger partial charge in [-0.05, 0) is 12.1 Å². The molecular weight excluding hydrogens is 386 g/mol. The van der Waals surface area contributed by atoms with Crippen LogP contribution < -0.4 is 9.47 Å².